The summed E-state index contributed by atoms with van der Waals surface area (Å²) in [5.41, 5.74) is -3.32. The van der Waals surface area contributed by atoms with Gasteiger partial charge in [0.2, 0.25) is 5.43 Å². The number of ether oxygens (including phenoxy) is 1. The number of nitrogens with zero attached hydrogens (tertiary/aromatic N) is 2. The van der Waals surface area contributed by atoms with Gasteiger partial charge in [0, 0.05) is 19.6 Å². The predicted molar refractivity (Wildman–Crippen MR) is 97.3 cm³/mol. The fourth-order valence-electron chi connectivity index (χ4n) is 3.53. The SMILES string of the molecule is CCn1cc(OC(=O)O)c(=O)c2cc(F)c(N3CC(C)(NC(=O)C(F)(F)F)C3)c(F)c21. The summed E-state index contributed by atoms with van der Waals surface area (Å²) in [7, 11) is 0. The first-order chi connectivity index (χ1) is 14.3. The molecule has 1 aromatic carbocycles. The van der Waals surface area contributed by atoms with Crippen LogP contribution in [0, 0.1) is 11.6 Å². The van der Waals surface area contributed by atoms with Gasteiger partial charge in [0.05, 0.1) is 22.6 Å². The molecular formula is C18H16F5N3O5. The van der Waals surface area contributed by atoms with E-state index in [9.17, 15) is 31.9 Å². The molecule has 0 aliphatic carbocycles. The molecule has 2 N–H and O–H groups in total. The number of alkyl halides is 3. The van der Waals surface area contributed by atoms with E-state index in [4.69, 9.17) is 5.11 Å². The number of benzene rings is 1. The van der Waals surface area contributed by atoms with Crippen LogP contribution in [0.2, 0.25) is 0 Å². The molecule has 0 bridgehead atoms. The molecule has 0 radical (unpaired) electrons. The van der Waals surface area contributed by atoms with E-state index >= 15 is 4.39 Å². The minimum Gasteiger partial charge on any atom is -0.449 e. The number of fused-ring (bicyclic) bond motifs is 1. The van der Waals surface area contributed by atoms with Crippen molar-refractivity contribution < 1.29 is 41.4 Å². The maximum atomic E-state index is 15.3. The molecule has 2 heterocycles. The van der Waals surface area contributed by atoms with E-state index in [1.165, 1.54) is 6.92 Å². The lowest BCUT2D eigenvalue weighted by molar-refractivity contribution is -0.175. The van der Waals surface area contributed by atoms with Gasteiger partial charge in [0.15, 0.2) is 11.6 Å². The van der Waals surface area contributed by atoms with Crippen LogP contribution < -0.4 is 20.4 Å². The summed E-state index contributed by atoms with van der Waals surface area (Å²) in [5, 5.41) is 10.1. The predicted octanol–water partition coefficient (Wildman–Crippen LogP) is 2.61. The number of carbonyl (C=O) groups is 2. The maximum Gasteiger partial charge on any atom is 0.511 e. The van der Waals surface area contributed by atoms with Crippen LogP contribution in [0.1, 0.15) is 13.8 Å². The van der Waals surface area contributed by atoms with Crippen LogP contribution in [0.3, 0.4) is 0 Å². The minimum atomic E-state index is -5.10. The number of carbonyl (C=O) groups excluding carboxylic acids is 1. The first kappa shape index (κ1) is 22.3. The van der Waals surface area contributed by atoms with Crippen molar-refractivity contribution in [1.82, 2.24) is 9.88 Å². The molecule has 0 saturated carbocycles. The molecule has 1 aromatic heterocycles. The first-order valence-corrected chi connectivity index (χ1v) is 8.87. The number of nitrogens with one attached hydrogen (secondary N) is 1. The van der Waals surface area contributed by atoms with E-state index < -0.39 is 57.7 Å². The lowest BCUT2D eigenvalue weighted by Gasteiger charge is -2.49. The number of aryl methyl sites for hydroxylation is 1. The second kappa shape index (κ2) is 7.39. The Morgan fingerprint density at radius 3 is 2.42 bits per heavy atom. The number of rotatable bonds is 4. The Bertz CT molecular complexity index is 1140. The van der Waals surface area contributed by atoms with Crippen molar-refractivity contribution in [3.05, 3.63) is 34.1 Å². The van der Waals surface area contributed by atoms with Crippen LogP contribution in [0.4, 0.5) is 32.4 Å². The average Bonchev–Trinajstić information content (AvgIpc) is 2.61. The number of hydrogen-bond donors (Lipinski definition) is 2. The zero-order valence-electron chi connectivity index (χ0n) is 16.1. The normalized spacial score (nSPS) is 15.5. The lowest BCUT2D eigenvalue weighted by atomic mass is 9.91. The number of anilines is 1. The largest absolute Gasteiger partial charge is 0.511 e. The molecule has 1 fully saturated rings. The molecule has 1 saturated heterocycles. The van der Waals surface area contributed by atoms with Crippen molar-refractivity contribution in [2.45, 2.75) is 32.1 Å². The summed E-state index contributed by atoms with van der Waals surface area (Å²) in [5.74, 6) is -5.14. The van der Waals surface area contributed by atoms with Crippen molar-refractivity contribution in [2.24, 2.45) is 0 Å². The van der Waals surface area contributed by atoms with Gasteiger partial charge >= 0.3 is 18.2 Å². The molecule has 1 aliphatic rings. The number of amides is 1. The van der Waals surface area contributed by atoms with Crippen LogP contribution in [0.5, 0.6) is 5.75 Å². The molecule has 1 aliphatic heterocycles. The first-order valence-electron chi connectivity index (χ1n) is 8.87. The Morgan fingerprint density at radius 1 is 1.29 bits per heavy atom. The highest BCUT2D eigenvalue weighted by molar-refractivity contribution is 5.86. The third-order valence-electron chi connectivity index (χ3n) is 4.80. The Morgan fingerprint density at radius 2 is 1.90 bits per heavy atom. The van der Waals surface area contributed by atoms with Gasteiger partial charge in [-0.15, -0.1) is 0 Å². The second-order valence-corrected chi connectivity index (χ2v) is 7.26. The van der Waals surface area contributed by atoms with Crippen LogP contribution in [0.15, 0.2) is 17.1 Å². The standard InChI is InChI=1S/C18H16F5N3O5/c1-3-25-5-10(31-16(29)30)14(27)8-4-9(19)13(11(20)12(8)25)26-6-17(2,7-26)24-15(28)18(21,22)23/h4-5H,3,6-7H2,1-2H3,(H,24,28)(H,29,30). The summed E-state index contributed by atoms with van der Waals surface area (Å²) >= 11 is 0. The maximum absolute atomic E-state index is 15.3. The van der Waals surface area contributed by atoms with E-state index in [0.717, 1.165) is 15.7 Å². The van der Waals surface area contributed by atoms with E-state index in [-0.39, 0.29) is 25.2 Å². The topological polar surface area (TPSA) is 101 Å². The molecule has 1 amide bonds. The van der Waals surface area contributed by atoms with Crippen molar-refractivity contribution in [2.75, 3.05) is 18.0 Å². The van der Waals surface area contributed by atoms with Gasteiger partial charge in [0.25, 0.3) is 0 Å². The van der Waals surface area contributed by atoms with Crippen LogP contribution in [0.25, 0.3) is 10.9 Å². The highest BCUT2D eigenvalue weighted by atomic mass is 19.4. The fourth-order valence-corrected chi connectivity index (χ4v) is 3.53. The molecule has 0 spiro atoms. The zero-order chi connectivity index (χ0) is 23.3. The molecule has 0 atom stereocenters. The fraction of sp³-hybridized carbons (Fsp3) is 0.389. The van der Waals surface area contributed by atoms with Gasteiger partial charge in [-0.1, -0.05) is 0 Å². The second-order valence-electron chi connectivity index (χ2n) is 7.26. The van der Waals surface area contributed by atoms with Crippen LogP contribution in [-0.2, 0) is 11.3 Å². The summed E-state index contributed by atoms with van der Waals surface area (Å²) in [6, 6.07) is 0.709. The van der Waals surface area contributed by atoms with Gasteiger partial charge in [-0.3, -0.25) is 9.59 Å². The molecule has 31 heavy (non-hydrogen) atoms. The van der Waals surface area contributed by atoms with Crippen LogP contribution >= 0.6 is 0 Å². The van der Waals surface area contributed by atoms with Crippen molar-refractivity contribution >= 4 is 28.7 Å². The summed E-state index contributed by atoms with van der Waals surface area (Å²) in [6.45, 7) is 2.29. The Labute approximate surface area is 170 Å². The van der Waals surface area contributed by atoms with Crippen molar-refractivity contribution in [3.63, 3.8) is 0 Å². The molecule has 168 valence electrons. The van der Waals surface area contributed by atoms with E-state index in [2.05, 4.69) is 4.74 Å². The lowest BCUT2D eigenvalue weighted by Crippen LogP contribution is -2.70. The van der Waals surface area contributed by atoms with Gasteiger partial charge in [-0.05, 0) is 19.9 Å². The molecule has 2 aromatic rings. The zero-order valence-corrected chi connectivity index (χ0v) is 16.1. The third-order valence-corrected chi connectivity index (χ3v) is 4.80. The monoisotopic (exact) mass is 449 g/mol. The van der Waals surface area contributed by atoms with Gasteiger partial charge in [-0.25, -0.2) is 13.6 Å². The summed E-state index contributed by atoms with van der Waals surface area (Å²) < 4.78 is 72.9. The van der Waals surface area contributed by atoms with E-state index in [0.29, 0.717) is 6.07 Å². The van der Waals surface area contributed by atoms with Gasteiger partial charge < -0.3 is 24.6 Å². The number of hydrogen-bond acceptors (Lipinski definition) is 5. The van der Waals surface area contributed by atoms with E-state index in [1.54, 1.807) is 12.2 Å². The number of halogens is 5. The Kier molecular flexibility index (Phi) is 5.32. The van der Waals surface area contributed by atoms with Crippen LogP contribution in [-0.4, -0.2) is 46.5 Å². The number of pyridine rings is 1. The highest BCUT2D eigenvalue weighted by Gasteiger charge is 2.48. The number of aromatic nitrogens is 1. The molecule has 3 rings (SSSR count). The van der Waals surface area contributed by atoms with Gasteiger partial charge in [-0.2, -0.15) is 13.2 Å². The Balaban J connectivity index is 2.02. The molecule has 8 nitrogen and oxygen atoms in total. The third kappa shape index (κ3) is 3.99. The van der Waals surface area contributed by atoms with Gasteiger partial charge in [0.1, 0.15) is 11.5 Å². The highest BCUT2D eigenvalue weighted by Crippen LogP contribution is 2.36. The molecule has 0 unspecified atom stereocenters. The average molecular weight is 449 g/mol. The molecular weight excluding hydrogens is 433 g/mol. The smallest absolute Gasteiger partial charge is 0.449 e. The number of carboxylic acid groups (broad SMARTS) is 1. The molecule has 13 heteroatoms. The quantitative estimate of drug-likeness (QED) is 0.550. The van der Waals surface area contributed by atoms with Crippen molar-refractivity contribution in [1.29, 1.82) is 0 Å². The summed E-state index contributed by atoms with van der Waals surface area (Å²) in [6.07, 6.45) is -5.92. The minimum absolute atomic E-state index is 0.0636. The van der Waals surface area contributed by atoms with Crippen molar-refractivity contribution in [3.8, 4) is 5.75 Å². The Hall–Kier alpha value is -3.38. The van der Waals surface area contributed by atoms with E-state index in [1.807, 2.05) is 0 Å². The summed E-state index contributed by atoms with van der Waals surface area (Å²) in [4.78, 5) is 35.4.